The fraction of sp³-hybridized carbons (Fsp3) is 0.292. The molecule has 0 unspecified atom stereocenters. The number of hydrogen-bond donors (Lipinski definition) is 0. The smallest absolute Gasteiger partial charge is 0.133 e. The maximum Gasteiger partial charge on any atom is 0.133 e. The summed E-state index contributed by atoms with van der Waals surface area (Å²) >= 11 is 5.94. The number of nitrogens with zero attached hydrogens (tertiary/aromatic N) is 1. The van der Waals surface area contributed by atoms with Crippen molar-refractivity contribution < 1.29 is 9.47 Å². The Bertz CT molecular complexity index is 965. The first-order chi connectivity index (χ1) is 13.7. The highest BCUT2D eigenvalue weighted by atomic mass is 35.5. The summed E-state index contributed by atoms with van der Waals surface area (Å²) in [5.41, 5.74) is 5.72. The summed E-state index contributed by atoms with van der Waals surface area (Å²) in [5.74, 6) is 2.56. The zero-order valence-electron chi connectivity index (χ0n) is 16.3. The summed E-state index contributed by atoms with van der Waals surface area (Å²) < 4.78 is 12.0. The lowest BCUT2D eigenvalue weighted by Gasteiger charge is -2.23. The molecular weight excluding hydrogens is 370 g/mol. The molecule has 0 aliphatic heterocycles. The summed E-state index contributed by atoms with van der Waals surface area (Å²) in [6.45, 7) is 4.77. The minimum atomic E-state index is 0.653. The maximum atomic E-state index is 6.12. The van der Waals surface area contributed by atoms with Crippen LogP contribution < -0.4 is 9.47 Å². The number of pyridine rings is 1. The van der Waals surface area contributed by atoms with Gasteiger partial charge < -0.3 is 9.47 Å². The molecule has 0 spiro atoms. The number of ether oxygens (including phenoxy) is 2. The molecule has 0 saturated carbocycles. The van der Waals surface area contributed by atoms with Gasteiger partial charge >= 0.3 is 0 Å². The molecule has 0 amide bonds. The highest BCUT2D eigenvalue weighted by molar-refractivity contribution is 6.30. The van der Waals surface area contributed by atoms with E-state index >= 15 is 0 Å². The van der Waals surface area contributed by atoms with Crippen LogP contribution in [0.4, 0.5) is 0 Å². The third-order valence-corrected chi connectivity index (χ3v) is 5.34. The molecule has 0 bridgehead atoms. The summed E-state index contributed by atoms with van der Waals surface area (Å²) in [7, 11) is 0. The van der Waals surface area contributed by atoms with Gasteiger partial charge in [0, 0.05) is 27.5 Å². The van der Waals surface area contributed by atoms with Crippen LogP contribution in [0.1, 0.15) is 36.7 Å². The van der Waals surface area contributed by atoms with Crippen LogP contribution in [-0.4, -0.2) is 11.6 Å². The Hall–Kier alpha value is -2.52. The van der Waals surface area contributed by atoms with Crippen molar-refractivity contribution in [1.29, 1.82) is 0 Å². The maximum absolute atomic E-state index is 6.12. The van der Waals surface area contributed by atoms with Crippen LogP contribution in [0.2, 0.25) is 5.02 Å². The lowest BCUT2D eigenvalue weighted by molar-refractivity contribution is 0.335. The zero-order valence-corrected chi connectivity index (χ0v) is 17.1. The highest BCUT2D eigenvalue weighted by Gasteiger charge is 2.22. The molecule has 0 radical (unpaired) electrons. The Morgan fingerprint density at radius 2 is 1.57 bits per heavy atom. The van der Waals surface area contributed by atoms with E-state index in [1.54, 1.807) is 0 Å². The van der Waals surface area contributed by atoms with Crippen molar-refractivity contribution >= 4 is 11.6 Å². The van der Waals surface area contributed by atoms with Gasteiger partial charge in [0.15, 0.2) is 0 Å². The van der Waals surface area contributed by atoms with Crippen molar-refractivity contribution in [3.63, 3.8) is 0 Å². The second-order valence-electron chi connectivity index (χ2n) is 7.05. The van der Waals surface area contributed by atoms with Crippen LogP contribution in [0.25, 0.3) is 11.1 Å². The average molecular weight is 394 g/mol. The topological polar surface area (TPSA) is 31.4 Å². The van der Waals surface area contributed by atoms with Gasteiger partial charge in [0.25, 0.3) is 0 Å². The van der Waals surface area contributed by atoms with E-state index in [0.717, 1.165) is 46.9 Å². The van der Waals surface area contributed by atoms with Gasteiger partial charge in [-0.25, -0.2) is 0 Å². The van der Waals surface area contributed by atoms with E-state index in [1.165, 1.54) is 24.1 Å². The first-order valence-electron chi connectivity index (χ1n) is 9.84. The molecule has 4 heteroatoms. The van der Waals surface area contributed by atoms with Crippen molar-refractivity contribution in [2.45, 2.75) is 39.5 Å². The Morgan fingerprint density at radius 3 is 2.25 bits per heavy atom. The number of benzene rings is 2. The molecule has 0 saturated heterocycles. The van der Waals surface area contributed by atoms with Crippen molar-refractivity contribution in [3.8, 4) is 28.4 Å². The quantitative estimate of drug-likeness (QED) is 0.478. The van der Waals surface area contributed by atoms with E-state index in [0.29, 0.717) is 11.6 Å². The minimum Gasteiger partial charge on any atom is -0.493 e. The Kier molecular flexibility index (Phi) is 5.54. The highest BCUT2D eigenvalue weighted by Crippen LogP contribution is 2.40. The van der Waals surface area contributed by atoms with Crippen LogP contribution >= 0.6 is 11.6 Å². The summed E-state index contributed by atoms with van der Waals surface area (Å²) in [6.07, 6.45) is 4.50. The van der Waals surface area contributed by atoms with E-state index in [4.69, 9.17) is 26.1 Å². The molecule has 144 valence electrons. The van der Waals surface area contributed by atoms with Crippen LogP contribution in [0, 0.1) is 6.92 Å². The summed E-state index contributed by atoms with van der Waals surface area (Å²) in [6, 6.07) is 15.5. The van der Waals surface area contributed by atoms with Gasteiger partial charge in [-0.1, -0.05) is 23.7 Å². The number of fused-ring (bicyclic) bond motifs is 1. The molecule has 4 rings (SSSR count). The van der Waals surface area contributed by atoms with Crippen molar-refractivity contribution in [3.05, 3.63) is 70.5 Å². The normalized spacial score (nSPS) is 13.1. The monoisotopic (exact) mass is 393 g/mol. The van der Waals surface area contributed by atoms with Crippen LogP contribution in [-0.2, 0) is 12.8 Å². The number of aromatic nitrogens is 1. The third kappa shape index (κ3) is 3.85. The predicted octanol–water partition coefficient (Wildman–Crippen LogP) is 6.78. The molecule has 1 aromatic heterocycles. The van der Waals surface area contributed by atoms with E-state index in [2.05, 4.69) is 19.1 Å². The molecule has 2 aromatic carbocycles. The number of aryl methyl sites for hydroxylation is 2. The van der Waals surface area contributed by atoms with Crippen molar-refractivity contribution in [2.75, 3.05) is 6.61 Å². The summed E-state index contributed by atoms with van der Waals surface area (Å²) in [5, 5.41) is 0.696. The van der Waals surface area contributed by atoms with E-state index in [9.17, 15) is 0 Å². The second-order valence-corrected chi connectivity index (χ2v) is 7.48. The molecule has 0 atom stereocenters. The molecule has 3 nitrogen and oxygen atoms in total. The van der Waals surface area contributed by atoms with E-state index in [1.807, 2.05) is 43.3 Å². The Balaban J connectivity index is 1.67. The van der Waals surface area contributed by atoms with Gasteiger partial charge in [0.1, 0.15) is 17.2 Å². The molecule has 1 heterocycles. The zero-order chi connectivity index (χ0) is 19.5. The van der Waals surface area contributed by atoms with Gasteiger partial charge in [0.2, 0.25) is 0 Å². The molecule has 0 fully saturated rings. The van der Waals surface area contributed by atoms with Crippen molar-refractivity contribution in [1.82, 2.24) is 4.98 Å². The number of halogens is 1. The Morgan fingerprint density at radius 1 is 0.929 bits per heavy atom. The predicted molar refractivity (Wildman–Crippen MR) is 114 cm³/mol. The molecule has 28 heavy (non-hydrogen) atoms. The van der Waals surface area contributed by atoms with E-state index in [-0.39, 0.29) is 0 Å². The standard InChI is InChI=1S/C24H24ClNO2/c1-3-27-24-21-6-4-5-7-22(21)26-16(2)23(24)17-8-12-19(13-9-17)28-20-14-10-18(25)11-15-20/h8-15H,3-7H2,1-2H3. The molecule has 1 aliphatic carbocycles. The largest absolute Gasteiger partial charge is 0.493 e. The first kappa shape index (κ1) is 18.8. The molecular formula is C24H24ClNO2. The lowest BCUT2D eigenvalue weighted by Crippen LogP contribution is -2.11. The van der Waals surface area contributed by atoms with Gasteiger partial charge in [-0.05, 0) is 81.5 Å². The lowest BCUT2D eigenvalue weighted by atomic mass is 9.91. The minimum absolute atomic E-state index is 0.653. The van der Waals surface area contributed by atoms with Crippen LogP contribution in [0.5, 0.6) is 17.2 Å². The van der Waals surface area contributed by atoms with Gasteiger partial charge in [-0.15, -0.1) is 0 Å². The third-order valence-electron chi connectivity index (χ3n) is 5.09. The fourth-order valence-corrected chi connectivity index (χ4v) is 3.93. The van der Waals surface area contributed by atoms with Crippen LogP contribution in [0.3, 0.4) is 0 Å². The molecule has 3 aromatic rings. The SMILES string of the molecule is CCOc1c2c(nc(C)c1-c1ccc(Oc3ccc(Cl)cc3)cc1)CCCC2. The van der Waals surface area contributed by atoms with E-state index < -0.39 is 0 Å². The summed E-state index contributed by atoms with van der Waals surface area (Å²) in [4.78, 5) is 4.91. The molecule has 0 N–H and O–H groups in total. The van der Waals surface area contributed by atoms with Crippen LogP contribution in [0.15, 0.2) is 48.5 Å². The van der Waals surface area contributed by atoms with Gasteiger partial charge in [-0.3, -0.25) is 4.98 Å². The van der Waals surface area contributed by atoms with Gasteiger partial charge in [-0.2, -0.15) is 0 Å². The van der Waals surface area contributed by atoms with Crippen molar-refractivity contribution in [2.24, 2.45) is 0 Å². The Labute approximate surface area is 171 Å². The number of hydrogen-bond acceptors (Lipinski definition) is 3. The average Bonchev–Trinajstić information content (AvgIpc) is 2.71. The first-order valence-corrected chi connectivity index (χ1v) is 10.2. The second kappa shape index (κ2) is 8.24. The molecule has 1 aliphatic rings. The number of rotatable bonds is 5. The fourth-order valence-electron chi connectivity index (χ4n) is 3.80. The van der Waals surface area contributed by atoms with Gasteiger partial charge in [0.05, 0.1) is 6.61 Å².